The van der Waals surface area contributed by atoms with E-state index in [9.17, 15) is 9.59 Å². The Bertz CT molecular complexity index is 2680. The van der Waals surface area contributed by atoms with Crippen LogP contribution in [0.15, 0.2) is 122 Å². The molecule has 0 saturated heterocycles. The van der Waals surface area contributed by atoms with Crippen molar-refractivity contribution in [2.75, 3.05) is 18.0 Å². The standard InChI is InChI=1S/C48H49N3O6/c1-9-19-51(20-10-2)35-18-17-34-23-38(46(53)54-42(34)24-35)41-29-49-40(28-50-41)33-16-12-14-31(22-33)30-13-11-15-32(21-30)37-27-39-43(55-45(37)52)25-36(56-47(3,4)5)26-44(39)57-48(6,7)8/h11-18,21-29H,9-10,19-20H2,1-8H3. The quantitative estimate of drug-likeness (QED) is 0.119. The second-order valence-electron chi connectivity index (χ2n) is 16.3. The first kappa shape index (κ1) is 39.0. The number of hydrogen-bond donors (Lipinski definition) is 0. The maximum absolute atomic E-state index is 13.5. The average Bonchev–Trinajstić information content (AvgIpc) is 3.16. The Balaban J connectivity index is 1.17. The Labute approximate surface area is 332 Å². The van der Waals surface area contributed by atoms with E-state index in [1.54, 1.807) is 18.5 Å². The zero-order valence-corrected chi connectivity index (χ0v) is 33.9. The Morgan fingerprint density at radius 3 is 1.84 bits per heavy atom. The van der Waals surface area contributed by atoms with Crippen LogP contribution in [0, 0.1) is 0 Å². The van der Waals surface area contributed by atoms with Gasteiger partial charge in [0.1, 0.15) is 33.9 Å². The number of aromatic nitrogens is 2. The predicted molar refractivity (Wildman–Crippen MR) is 229 cm³/mol. The lowest BCUT2D eigenvalue weighted by Gasteiger charge is -2.25. The zero-order valence-electron chi connectivity index (χ0n) is 33.9. The van der Waals surface area contributed by atoms with Crippen LogP contribution in [0.1, 0.15) is 68.2 Å². The minimum absolute atomic E-state index is 0.354. The third-order valence-electron chi connectivity index (χ3n) is 9.29. The molecule has 9 nitrogen and oxygen atoms in total. The topological polar surface area (TPSA) is 108 Å². The van der Waals surface area contributed by atoms with E-state index in [0.29, 0.717) is 56.1 Å². The smallest absolute Gasteiger partial charge is 0.345 e. The van der Waals surface area contributed by atoms with Gasteiger partial charge in [-0.15, -0.1) is 0 Å². The molecule has 0 aliphatic carbocycles. The summed E-state index contributed by atoms with van der Waals surface area (Å²) in [4.78, 5) is 38.4. The third-order valence-corrected chi connectivity index (χ3v) is 9.29. The van der Waals surface area contributed by atoms with Crippen LogP contribution in [0.4, 0.5) is 5.69 Å². The largest absolute Gasteiger partial charge is 0.488 e. The Kier molecular flexibility index (Phi) is 10.8. The highest BCUT2D eigenvalue weighted by Gasteiger charge is 2.21. The van der Waals surface area contributed by atoms with E-state index in [2.05, 4.69) is 29.8 Å². The molecule has 7 rings (SSSR count). The zero-order chi connectivity index (χ0) is 40.5. The van der Waals surface area contributed by atoms with Gasteiger partial charge in [0.05, 0.1) is 40.3 Å². The fraction of sp³-hybridized carbons (Fsp3) is 0.292. The van der Waals surface area contributed by atoms with Crippen molar-refractivity contribution in [2.24, 2.45) is 0 Å². The summed E-state index contributed by atoms with van der Waals surface area (Å²) in [6, 6.07) is 29.0. The van der Waals surface area contributed by atoms with Crippen LogP contribution in [0.2, 0.25) is 0 Å². The molecule has 0 saturated carbocycles. The summed E-state index contributed by atoms with van der Waals surface area (Å²) in [6.07, 6.45) is 5.34. The Morgan fingerprint density at radius 2 is 1.19 bits per heavy atom. The van der Waals surface area contributed by atoms with Gasteiger partial charge in [0.2, 0.25) is 0 Å². The Hall–Kier alpha value is -6.22. The van der Waals surface area contributed by atoms with Gasteiger partial charge in [-0.3, -0.25) is 9.97 Å². The number of fused-ring (bicyclic) bond motifs is 2. The summed E-state index contributed by atoms with van der Waals surface area (Å²) < 4.78 is 24.2. The van der Waals surface area contributed by atoms with Crippen LogP contribution < -0.4 is 25.6 Å². The molecule has 57 heavy (non-hydrogen) atoms. The fourth-order valence-corrected chi connectivity index (χ4v) is 6.92. The summed E-state index contributed by atoms with van der Waals surface area (Å²) in [5.74, 6) is 1.12. The SMILES string of the molecule is CCCN(CCC)c1ccc2cc(-c3cnc(-c4cccc(-c5cccc(-c6cc7c(OC(C)(C)C)cc(OC(C)(C)C)cc7oc6=O)c5)c4)cn3)c(=O)oc2c1. The highest BCUT2D eigenvalue weighted by atomic mass is 16.5. The molecule has 0 amide bonds. The summed E-state index contributed by atoms with van der Waals surface area (Å²) in [6.45, 7) is 18.0. The van der Waals surface area contributed by atoms with Gasteiger partial charge < -0.3 is 23.2 Å². The van der Waals surface area contributed by atoms with Crippen molar-refractivity contribution in [3.63, 3.8) is 0 Å². The molecule has 292 valence electrons. The van der Waals surface area contributed by atoms with Crippen LogP contribution in [0.25, 0.3) is 66.7 Å². The maximum Gasteiger partial charge on any atom is 0.345 e. The second kappa shape index (κ2) is 15.7. The van der Waals surface area contributed by atoms with Crippen molar-refractivity contribution in [1.29, 1.82) is 0 Å². The molecule has 0 radical (unpaired) electrons. The summed E-state index contributed by atoms with van der Waals surface area (Å²) >= 11 is 0. The molecule has 4 aromatic carbocycles. The maximum atomic E-state index is 13.5. The van der Waals surface area contributed by atoms with Gasteiger partial charge in [-0.25, -0.2) is 9.59 Å². The molecular weight excluding hydrogens is 715 g/mol. The lowest BCUT2D eigenvalue weighted by Crippen LogP contribution is -2.24. The molecule has 3 heterocycles. The lowest BCUT2D eigenvalue weighted by atomic mass is 9.97. The fourth-order valence-electron chi connectivity index (χ4n) is 6.92. The summed E-state index contributed by atoms with van der Waals surface area (Å²) in [7, 11) is 0. The summed E-state index contributed by atoms with van der Waals surface area (Å²) in [5.41, 5.74) is 5.34. The van der Waals surface area contributed by atoms with Crippen molar-refractivity contribution in [2.45, 2.75) is 79.4 Å². The first-order chi connectivity index (χ1) is 27.2. The first-order valence-corrected chi connectivity index (χ1v) is 19.5. The number of benzene rings is 4. The first-order valence-electron chi connectivity index (χ1n) is 19.5. The van der Waals surface area contributed by atoms with Crippen LogP contribution in [-0.2, 0) is 0 Å². The molecule has 0 spiro atoms. The van der Waals surface area contributed by atoms with Gasteiger partial charge in [-0.2, -0.15) is 0 Å². The molecule has 7 aromatic rings. The number of nitrogens with zero attached hydrogens (tertiary/aromatic N) is 3. The van der Waals surface area contributed by atoms with E-state index in [0.717, 1.165) is 53.7 Å². The lowest BCUT2D eigenvalue weighted by molar-refractivity contribution is 0.122. The highest BCUT2D eigenvalue weighted by Crippen LogP contribution is 2.37. The van der Waals surface area contributed by atoms with Gasteiger partial charge in [-0.1, -0.05) is 50.2 Å². The van der Waals surface area contributed by atoms with Crippen LogP contribution in [-0.4, -0.2) is 34.3 Å². The van der Waals surface area contributed by atoms with E-state index in [1.165, 1.54) is 0 Å². The Morgan fingerprint density at radius 1 is 0.596 bits per heavy atom. The number of anilines is 1. The van der Waals surface area contributed by atoms with Gasteiger partial charge in [0, 0.05) is 47.9 Å². The third kappa shape index (κ3) is 8.93. The highest BCUT2D eigenvalue weighted by molar-refractivity contribution is 5.89. The number of hydrogen-bond acceptors (Lipinski definition) is 9. The normalized spacial score (nSPS) is 11.9. The van der Waals surface area contributed by atoms with E-state index in [-0.39, 0.29) is 0 Å². The van der Waals surface area contributed by atoms with Gasteiger partial charge in [0.25, 0.3) is 0 Å². The van der Waals surface area contributed by atoms with E-state index in [4.69, 9.17) is 23.3 Å². The molecule has 0 N–H and O–H groups in total. The monoisotopic (exact) mass is 763 g/mol. The molecule has 0 unspecified atom stereocenters. The molecule has 0 fully saturated rings. The van der Waals surface area contributed by atoms with Crippen molar-refractivity contribution < 1.29 is 18.3 Å². The van der Waals surface area contributed by atoms with Crippen molar-refractivity contribution in [3.8, 4) is 56.3 Å². The average molecular weight is 764 g/mol. The molecular formula is C48H49N3O6. The molecule has 3 aromatic heterocycles. The van der Waals surface area contributed by atoms with E-state index >= 15 is 0 Å². The van der Waals surface area contributed by atoms with Crippen LogP contribution in [0.3, 0.4) is 0 Å². The van der Waals surface area contributed by atoms with Gasteiger partial charge in [0.15, 0.2) is 0 Å². The summed E-state index contributed by atoms with van der Waals surface area (Å²) in [5, 5.41) is 1.49. The van der Waals surface area contributed by atoms with Crippen molar-refractivity contribution >= 4 is 27.6 Å². The van der Waals surface area contributed by atoms with Crippen LogP contribution in [0.5, 0.6) is 11.5 Å². The number of ether oxygens (including phenoxy) is 2. The minimum atomic E-state index is -0.500. The van der Waals surface area contributed by atoms with E-state index < -0.39 is 22.5 Å². The van der Waals surface area contributed by atoms with Crippen molar-refractivity contribution in [3.05, 3.63) is 124 Å². The molecule has 0 aliphatic rings. The molecule has 0 aliphatic heterocycles. The van der Waals surface area contributed by atoms with Crippen LogP contribution >= 0.6 is 0 Å². The van der Waals surface area contributed by atoms with E-state index in [1.807, 2.05) is 120 Å². The predicted octanol–water partition coefficient (Wildman–Crippen LogP) is 11.3. The van der Waals surface area contributed by atoms with Gasteiger partial charge in [-0.05, 0) is 107 Å². The van der Waals surface area contributed by atoms with Crippen molar-refractivity contribution in [1.82, 2.24) is 9.97 Å². The molecule has 0 bridgehead atoms. The molecule has 0 atom stereocenters. The minimum Gasteiger partial charge on any atom is -0.488 e. The number of rotatable bonds is 11. The van der Waals surface area contributed by atoms with Gasteiger partial charge >= 0.3 is 11.3 Å². The second-order valence-corrected chi connectivity index (χ2v) is 16.3. The molecule has 9 heteroatoms.